The molecule has 0 amide bonds. The molecule has 0 aliphatic heterocycles. The molecule has 1 rings (SSSR count). The van der Waals surface area contributed by atoms with Crippen LogP contribution >= 0.6 is 0 Å². The minimum Gasteiger partial charge on any atom is -0.396 e. The van der Waals surface area contributed by atoms with Crippen molar-refractivity contribution < 1.29 is 9.50 Å². The second-order valence-corrected chi connectivity index (χ2v) is 4.40. The predicted molar refractivity (Wildman–Crippen MR) is 63.9 cm³/mol. The molecule has 0 spiro atoms. The largest absolute Gasteiger partial charge is 0.396 e. The van der Waals surface area contributed by atoms with Gasteiger partial charge in [-0.25, -0.2) is 4.39 Å². The zero-order valence-corrected chi connectivity index (χ0v) is 9.91. The Morgan fingerprint density at radius 3 is 2.38 bits per heavy atom. The van der Waals surface area contributed by atoms with Crippen LogP contribution in [0.1, 0.15) is 25.3 Å². The van der Waals surface area contributed by atoms with Crippen LogP contribution in [0.4, 0.5) is 4.39 Å². The molecule has 0 saturated heterocycles. The van der Waals surface area contributed by atoms with Crippen LogP contribution in [-0.4, -0.2) is 24.8 Å². The smallest absolute Gasteiger partial charge is 0.123 e. The van der Waals surface area contributed by atoms with E-state index in [4.69, 9.17) is 5.11 Å². The molecule has 0 radical (unpaired) electrons. The molecule has 0 saturated carbocycles. The van der Waals surface area contributed by atoms with Gasteiger partial charge in [-0.1, -0.05) is 26.0 Å². The third-order valence-electron chi connectivity index (χ3n) is 2.69. The molecular formula is C13H20FNO. The fourth-order valence-corrected chi connectivity index (χ4v) is 1.52. The molecular weight excluding hydrogens is 205 g/mol. The van der Waals surface area contributed by atoms with Gasteiger partial charge in [0.05, 0.1) is 0 Å². The van der Waals surface area contributed by atoms with E-state index in [1.165, 1.54) is 12.1 Å². The monoisotopic (exact) mass is 225 g/mol. The summed E-state index contributed by atoms with van der Waals surface area (Å²) in [7, 11) is 0. The van der Waals surface area contributed by atoms with Gasteiger partial charge in [0.15, 0.2) is 0 Å². The van der Waals surface area contributed by atoms with Gasteiger partial charge in [0.1, 0.15) is 5.82 Å². The van der Waals surface area contributed by atoms with Gasteiger partial charge < -0.3 is 10.4 Å². The van der Waals surface area contributed by atoms with E-state index in [0.717, 1.165) is 18.7 Å². The van der Waals surface area contributed by atoms with E-state index < -0.39 is 0 Å². The van der Waals surface area contributed by atoms with Crippen LogP contribution in [-0.2, 0) is 0 Å². The highest BCUT2D eigenvalue weighted by Gasteiger charge is 2.06. The minimum atomic E-state index is -0.196. The van der Waals surface area contributed by atoms with Gasteiger partial charge in [-0.2, -0.15) is 0 Å². The van der Waals surface area contributed by atoms with Gasteiger partial charge >= 0.3 is 0 Å². The van der Waals surface area contributed by atoms with Crippen LogP contribution in [0, 0.1) is 11.7 Å². The first-order valence-electron chi connectivity index (χ1n) is 5.70. The first-order valence-corrected chi connectivity index (χ1v) is 5.70. The normalized spacial score (nSPS) is 14.8. The average molecular weight is 225 g/mol. The molecule has 2 atom stereocenters. The SMILES string of the molecule is CC(CO)CNCC(C)c1ccc(F)cc1. The standard InChI is InChI=1S/C13H20FNO/c1-10(9-16)7-15-8-11(2)12-3-5-13(14)6-4-12/h3-6,10-11,15-16H,7-9H2,1-2H3. The predicted octanol–water partition coefficient (Wildman–Crippen LogP) is 2.15. The van der Waals surface area contributed by atoms with Crippen LogP contribution in [0.3, 0.4) is 0 Å². The number of aliphatic hydroxyl groups is 1. The maximum Gasteiger partial charge on any atom is 0.123 e. The van der Waals surface area contributed by atoms with E-state index in [0.29, 0.717) is 5.92 Å². The quantitative estimate of drug-likeness (QED) is 0.777. The zero-order valence-electron chi connectivity index (χ0n) is 9.91. The van der Waals surface area contributed by atoms with Crippen LogP contribution in [0.5, 0.6) is 0 Å². The fraction of sp³-hybridized carbons (Fsp3) is 0.538. The van der Waals surface area contributed by atoms with Crippen molar-refractivity contribution in [2.24, 2.45) is 5.92 Å². The highest BCUT2D eigenvalue weighted by molar-refractivity contribution is 5.20. The summed E-state index contributed by atoms with van der Waals surface area (Å²) < 4.78 is 12.7. The second-order valence-electron chi connectivity index (χ2n) is 4.40. The van der Waals surface area contributed by atoms with Gasteiger partial charge in [0.2, 0.25) is 0 Å². The number of rotatable bonds is 6. The summed E-state index contributed by atoms with van der Waals surface area (Å²) in [6.45, 7) is 5.95. The maximum atomic E-state index is 12.7. The number of hydrogen-bond acceptors (Lipinski definition) is 2. The Balaban J connectivity index is 2.35. The molecule has 0 bridgehead atoms. The van der Waals surface area contributed by atoms with Crippen molar-refractivity contribution in [1.29, 1.82) is 0 Å². The molecule has 1 aromatic carbocycles. The minimum absolute atomic E-state index is 0.196. The lowest BCUT2D eigenvalue weighted by Crippen LogP contribution is -2.26. The van der Waals surface area contributed by atoms with Crippen molar-refractivity contribution in [3.05, 3.63) is 35.6 Å². The summed E-state index contributed by atoms with van der Waals surface area (Å²) >= 11 is 0. The van der Waals surface area contributed by atoms with Crippen LogP contribution in [0.15, 0.2) is 24.3 Å². The highest BCUT2D eigenvalue weighted by Crippen LogP contribution is 2.14. The van der Waals surface area contributed by atoms with E-state index in [2.05, 4.69) is 12.2 Å². The molecule has 2 N–H and O–H groups in total. The summed E-state index contributed by atoms with van der Waals surface area (Å²) in [4.78, 5) is 0. The lowest BCUT2D eigenvalue weighted by molar-refractivity contribution is 0.233. The van der Waals surface area contributed by atoms with E-state index in [1.807, 2.05) is 19.1 Å². The zero-order chi connectivity index (χ0) is 12.0. The number of hydrogen-bond donors (Lipinski definition) is 2. The van der Waals surface area contributed by atoms with Gasteiger partial charge in [-0.15, -0.1) is 0 Å². The van der Waals surface area contributed by atoms with Gasteiger partial charge in [-0.05, 0) is 36.1 Å². The van der Waals surface area contributed by atoms with Crippen molar-refractivity contribution in [3.63, 3.8) is 0 Å². The van der Waals surface area contributed by atoms with Crippen molar-refractivity contribution in [3.8, 4) is 0 Å². The summed E-state index contributed by atoms with van der Waals surface area (Å²) in [6.07, 6.45) is 0. The lowest BCUT2D eigenvalue weighted by Gasteiger charge is -2.15. The number of nitrogens with one attached hydrogen (secondary N) is 1. The maximum absolute atomic E-state index is 12.7. The molecule has 16 heavy (non-hydrogen) atoms. The van der Waals surface area contributed by atoms with Crippen molar-refractivity contribution in [2.75, 3.05) is 19.7 Å². The summed E-state index contributed by atoms with van der Waals surface area (Å²) in [5.41, 5.74) is 1.13. The molecule has 2 nitrogen and oxygen atoms in total. The molecule has 1 aromatic rings. The topological polar surface area (TPSA) is 32.3 Å². The molecule has 0 aliphatic rings. The summed E-state index contributed by atoms with van der Waals surface area (Å²) in [6, 6.07) is 6.61. The van der Waals surface area contributed by atoms with Gasteiger partial charge in [-0.3, -0.25) is 0 Å². The van der Waals surface area contributed by atoms with Gasteiger partial charge in [0.25, 0.3) is 0 Å². The van der Waals surface area contributed by atoms with Crippen molar-refractivity contribution >= 4 is 0 Å². The Bertz CT molecular complexity index is 299. The number of aliphatic hydroxyl groups excluding tert-OH is 1. The Morgan fingerprint density at radius 2 is 1.81 bits per heavy atom. The average Bonchev–Trinajstić information content (AvgIpc) is 2.29. The third kappa shape index (κ3) is 4.29. The van der Waals surface area contributed by atoms with E-state index >= 15 is 0 Å². The number of halogens is 1. The van der Waals surface area contributed by atoms with Crippen molar-refractivity contribution in [1.82, 2.24) is 5.32 Å². The molecule has 2 unspecified atom stereocenters. The first-order chi connectivity index (χ1) is 7.63. The van der Waals surface area contributed by atoms with Crippen LogP contribution < -0.4 is 5.32 Å². The molecule has 3 heteroatoms. The molecule has 0 fully saturated rings. The Labute approximate surface area is 96.5 Å². The van der Waals surface area contributed by atoms with E-state index in [1.54, 1.807) is 0 Å². The Morgan fingerprint density at radius 1 is 1.19 bits per heavy atom. The molecule has 90 valence electrons. The first kappa shape index (κ1) is 13.1. The van der Waals surface area contributed by atoms with E-state index in [-0.39, 0.29) is 18.3 Å². The Hall–Kier alpha value is -0.930. The van der Waals surface area contributed by atoms with Crippen LogP contribution in [0.2, 0.25) is 0 Å². The molecule has 0 heterocycles. The molecule has 0 aromatic heterocycles. The lowest BCUT2D eigenvalue weighted by atomic mass is 10.0. The van der Waals surface area contributed by atoms with Crippen LogP contribution in [0.25, 0.3) is 0 Å². The molecule has 0 aliphatic carbocycles. The summed E-state index contributed by atoms with van der Waals surface area (Å²) in [5, 5.41) is 12.2. The number of benzene rings is 1. The second kappa shape index (κ2) is 6.61. The Kier molecular flexibility index (Phi) is 5.43. The van der Waals surface area contributed by atoms with E-state index in [9.17, 15) is 4.39 Å². The highest BCUT2D eigenvalue weighted by atomic mass is 19.1. The third-order valence-corrected chi connectivity index (χ3v) is 2.69. The van der Waals surface area contributed by atoms with Crippen molar-refractivity contribution in [2.45, 2.75) is 19.8 Å². The fourth-order valence-electron chi connectivity index (χ4n) is 1.52. The van der Waals surface area contributed by atoms with Gasteiger partial charge in [0, 0.05) is 13.2 Å². The summed E-state index contributed by atoms with van der Waals surface area (Å²) in [5.74, 6) is 0.435.